The van der Waals surface area contributed by atoms with E-state index >= 15 is 0 Å². The lowest BCUT2D eigenvalue weighted by molar-refractivity contribution is -0.141. The second-order valence-corrected chi connectivity index (χ2v) is 7.13. The summed E-state index contributed by atoms with van der Waals surface area (Å²) in [4.78, 5) is 24.0. The summed E-state index contributed by atoms with van der Waals surface area (Å²) in [6, 6.07) is 6.36. The zero-order valence-corrected chi connectivity index (χ0v) is 13.9. The SMILES string of the molecule is Cc1ccc(SCCC(=O)N[C@H]2CC[C@@H](C(=O)O)C2)cc1C. The standard InChI is InChI=1S/C17H23NO3S/c1-11-3-6-15(9-12(11)2)22-8-7-16(19)18-14-5-4-13(10-14)17(20)21/h3,6,9,13-14H,4-5,7-8,10H2,1-2H3,(H,18,19)(H,20,21)/t13-,14+/m1/s1. The smallest absolute Gasteiger partial charge is 0.306 e. The van der Waals surface area contributed by atoms with Crippen LogP contribution in [0, 0.1) is 19.8 Å². The Morgan fingerprint density at radius 1 is 1.27 bits per heavy atom. The Hall–Kier alpha value is -1.49. The maximum Gasteiger partial charge on any atom is 0.306 e. The van der Waals surface area contributed by atoms with Gasteiger partial charge in [0.05, 0.1) is 5.92 Å². The van der Waals surface area contributed by atoms with E-state index in [9.17, 15) is 9.59 Å². The van der Waals surface area contributed by atoms with E-state index in [4.69, 9.17) is 5.11 Å². The molecule has 2 atom stereocenters. The van der Waals surface area contributed by atoms with Crippen LogP contribution in [0.1, 0.15) is 36.8 Å². The molecule has 0 radical (unpaired) electrons. The van der Waals surface area contributed by atoms with Gasteiger partial charge >= 0.3 is 5.97 Å². The van der Waals surface area contributed by atoms with Crippen molar-refractivity contribution < 1.29 is 14.7 Å². The number of amides is 1. The zero-order chi connectivity index (χ0) is 16.1. The quantitative estimate of drug-likeness (QED) is 0.790. The van der Waals surface area contributed by atoms with Gasteiger partial charge in [0, 0.05) is 23.1 Å². The zero-order valence-electron chi connectivity index (χ0n) is 13.1. The van der Waals surface area contributed by atoms with Crippen LogP contribution in [-0.4, -0.2) is 28.8 Å². The van der Waals surface area contributed by atoms with Gasteiger partial charge in [-0.1, -0.05) is 6.07 Å². The van der Waals surface area contributed by atoms with Crippen molar-refractivity contribution in [2.45, 2.75) is 50.5 Å². The third kappa shape index (κ3) is 4.77. The molecule has 1 saturated carbocycles. The normalized spacial score (nSPS) is 20.8. The summed E-state index contributed by atoms with van der Waals surface area (Å²) < 4.78 is 0. The molecular weight excluding hydrogens is 298 g/mol. The molecule has 0 aliphatic heterocycles. The van der Waals surface area contributed by atoms with Gasteiger partial charge in [0.2, 0.25) is 5.91 Å². The highest BCUT2D eigenvalue weighted by molar-refractivity contribution is 7.99. The minimum atomic E-state index is -0.748. The van der Waals surface area contributed by atoms with E-state index in [1.165, 1.54) is 16.0 Å². The third-order valence-electron chi connectivity index (χ3n) is 4.22. The van der Waals surface area contributed by atoms with Crippen molar-refractivity contribution >= 4 is 23.6 Å². The molecule has 0 saturated heterocycles. The summed E-state index contributed by atoms with van der Waals surface area (Å²) in [5.74, 6) is -0.284. The fourth-order valence-corrected chi connectivity index (χ4v) is 3.65. The highest BCUT2D eigenvalue weighted by Gasteiger charge is 2.30. The third-order valence-corrected chi connectivity index (χ3v) is 5.22. The second kappa shape index (κ2) is 7.68. The molecule has 4 nitrogen and oxygen atoms in total. The Labute approximate surface area is 135 Å². The Morgan fingerprint density at radius 3 is 2.68 bits per heavy atom. The second-order valence-electron chi connectivity index (χ2n) is 5.96. The van der Waals surface area contributed by atoms with Gasteiger partial charge in [-0.2, -0.15) is 0 Å². The van der Waals surface area contributed by atoms with Crippen molar-refractivity contribution in [3.05, 3.63) is 29.3 Å². The molecule has 2 rings (SSSR count). The van der Waals surface area contributed by atoms with Gasteiger partial charge in [-0.3, -0.25) is 9.59 Å². The lowest BCUT2D eigenvalue weighted by Gasteiger charge is -2.12. The van der Waals surface area contributed by atoms with Crippen LogP contribution in [0.5, 0.6) is 0 Å². The van der Waals surface area contributed by atoms with Gasteiger partial charge in [-0.15, -0.1) is 11.8 Å². The van der Waals surface area contributed by atoms with E-state index in [1.807, 2.05) is 0 Å². The van der Waals surface area contributed by atoms with Gasteiger partial charge < -0.3 is 10.4 Å². The Morgan fingerprint density at radius 2 is 2.05 bits per heavy atom. The molecule has 1 amide bonds. The fraction of sp³-hybridized carbons (Fsp3) is 0.529. The number of nitrogens with one attached hydrogen (secondary N) is 1. The van der Waals surface area contributed by atoms with Crippen LogP contribution < -0.4 is 5.32 Å². The van der Waals surface area contributed by atoms with E-state index in [0.29, 0.717) is 19.3 Å². The lowest BCUT2D eigenvalue weighted by Crippen LogP contribution is -2.33. The first kappa shape index (κ1) is 16.9. The Bertz CT molecular complexity index is 559. The van der Waals surface area contributed by atoms with E-state index in [2.05, 4.69) is 37.4 Å². The van der Waals surface area contributed by atoms with Crippen molar-refractivity contribution in [1.29, 1.82) is 0 Å². The van der Waals surface area contributed by atoms with Gasteiger partial charge in [0.25, 0.3) is 0 Å². The number of benzene rings is 1. The van der Waals surface area contributed by atoms with Crippen LogP contribution in [-0.2, 0) is 9.59 Å². The number of carboxylic acid groups (broad SMARTS) is 1. The molecule has 0 heterocycles. The van der Waals surface area contributed by atoms with Crippen molar-refractivity contribution in [3.63, 3.8) is 0 Å². The monoisotopic (exact) mass is 321 g/mol. The predicted octanol–water partition coefficient (Wildman–Crippen LogP) is 3.16. The number of hydrogen-bond acceptors (Lipinski definition) is 3. The van der Waals surface area contributed by atoms with E-state index < -0.39 is 5.97 Å². The minimum absolute atomic E-state index is 0.0207. The Balaban J connectivity index is 1.70. The lowest BCUT2D eigenvalue weighted by atomic mass is 10.1. The molecule has 1 fully saturated rings. The van der Waals surface area contributed by atoms with Crippen LogP contribution in [0.25, 0.3) is 0 Å². The summed E-state index contributed by atoms with van der Waals surface area (Å²) >= 11 is 1.68. The molecule has 5 heteroatoms. The topological polar surface area (TPSA) is 66.4 Å². The van der Waals surface area contributed by atoms with Crippen LogP contribution in [0.4, 0.5) is 0 Å². The van der Waals surface area contributed by atoms with Crippen LogP contribution in [0.15, 0.2) is 23.1 Å². The number of aliphatic carboxylic acids is 1. The van der Waals surface area contributed by atoms with Crippen LogP contribution in [0.2, 0.25) is 0 Å². The summed E-state index contributed by atoms with van der Waals surface area (Å²) in [5, 5.41) is 11.9. The predicted molar refractivity (Wildman–Crippen MR) is 88.2 cm³/mol. The molecular formula is C17H23NO3S. The number of carbonyl (C=O) groups excluding carboxylic acids is 1. The highest BCUT2D eigenvalue weighted by Crippen LogP contribution is 2.26. The van der Waals surface area contributed by atoms with Gasteiger partial charge in [-0.25, -0.2) is 0 Å². The maximum atomic E-state index is 11.9. The highest BCUT2D eigenvalue weighted by atomic mass is 32.2. The van der Waals surface area contributed by atoms with Crippen LogP contribution in [0.3, 0.4) is 0 Å². The van der Waals surface area contributed by atoms with Crippen LogP contribution >= 0.6 is 11.8 Å². The van der Waals surface area contributed by atoms with E-state index in [-0.39, 0.29) is 17.9 Å². The molecule has 120 valence electrons. The average molecular weight is 321 g/mol. The average Bonchev–Trinajstić information content (AvgIpc) is 2.91. The summed E-state index contributed by atoms with van der Waals surface area (Å²) in [7, 11) is 0. The van der Waals surface area contributed by atoms with E-state index in [0.717, 1.165) is 12.2 Å². The first-order chi connectivity index (χ1) is 10.5. The minimum Gasteiger partial charge on any atom is -0.481 e. The molecule has 0 unspecified atom stereocenters. The van der Waals surface area contributed by atoms with Crippen molar-refractivity contribution in [2.75, 3.05) is 5.75 Å². The molecule has 1 aromatic carbocycles. The van der Waals surface area contributed by atoms with Gasteiger partial charge in [0.1, 0.15) is 0 Å². The van der Waals surface area contributed by atoms with Gasteiger partial charge in [0.15, 0.2) is 0 Å². The number of carboxylic acids is 1. The van der Waals surface area contributed by atoms with Crippen molar-refractivity contribution in [3.8, 4) is 0 Å². The first-order valence-corrected chi connectivity index (χ1v) is 8.66. The number of aryl methyl sites for hydroxylation is 2. The summed E-state index contributed by atoms with van der Waals surface area (Å²) in [5.41, 5.74) is 2.54. The largest absolute Gasteiger partial charge is 0.481 e. The van der Waals surface area contributed by atoms with Crippen molar-refractivity contribution in [2.24, 2.45) is 5.92 Å². The molecule has 1 aliphatic rings. The number of rotatable bonds is 6. The number of hydrogen-bond donors (Lipinski definition) is 2. The van der Waals surface area contributed by atoms with E-state index in [1.54, 1.807) is 11.8 Å². The number of thioether (sulfide) groups is 1. The molecule has 0 bridgehead atoms. The number of carbonyl (C=O) groups is 2. The Kier molecular flexibility index (Phi) is 5.89. The fourth-order valence-electron chi connectivity index (χ4n) is 2.70. The molecule has 1 aromatic rings. The molecule has 1 aliphatic carbocycles. The van der Waals surface area contributed by atoms with Crippen molar-refractivity contribution in [1.82, 2.24) is 5.32 Å². The molecule has 0 spiro atoms. The molecule has 0 aromatic heterocycles. The molecule has 22 heavy (non-hydrogen) atoms. The maximum absolute atomic E-state index is 11.9. The summed E-state index contributed by atoms with van der Waals surface area (Å²) in [6.07, 6.45) is 2.46. The summed E-state index contributed by atoms with van der Waals surface area (Å²) in [6.45, 7) is 4.17. The first-order valence-electron chi connectivity index (χ1n) is 7.68. The molecule has 2 N–H and O–H groups in total. The van der Waals surface area contributed by atoms with Gasteiger partial charge in [-0.05, 0) is 56.4 Å².